The number of thiophene rings is 1. The lowest BCUT2D eigenvalue weighted by Crippen LogP contribution is -2.25. The first-order chi connectivity index (χ1) is 8.55. The van der Waals surface area contributed by atoms with Gasteiger partial charge in [0.25, 0.3) is 0 Å². The molecule has 1 aromatic rings. The smallest absolute Gasteiger partial charge is 0.164 e. The van der Waals surface area contributed by atoms with Crippen LogP contribution < -0.4 is 0 Å². The molecular formula is C16H22OS. The summed E-state index contributed by atoms with van der Waals surface area (Å²) >= 11 is 1.93. The minimum atomic E-state index is 0.165. The van der Waals surface area contributed by atoms with Crippen LogP contribution in [0.1, 0.15) is 78.4 Å². The fourth-order valence-electron chi connectivity index (χ4n) is 3.43. The summed E-state index contributed by atoms with van der Waals surface area (Å²) in [5.41, 5.74) is 1.22. The minimum Gasteiger partial charge on any atom is -0.294 e. The maximum absolute atomic E-state index is 12.2. The molecular weight excluding hydrogens is 240 g/mol. The first-order valence-electron chi connectivity index (χ1n) is 7.21. The lowest BCUT2D eigenvalue weighted by atomic mass is 9.77. The molecule has 18 heavy (non-hydrogen) atoms. The Kier molecular flexibility index (Phi) is 3.09. The highest BCUT2D eigenvalue weighted by atomic mass is 32.1. The molecule has 0 spiro atoms. The third-order valence-electron chi connectivity index (χ3n) is 4.41. The Bertz CT molecular complexity index is 463. The van der Waals surface area contributed by atoms with Crippen LogP contribution in [0.25, 0.3) is 0 Å². The molecule has 0 saturated heterocycles. The van der Waals surface area contributed by atoms with Crippen molar-refractivity contribution in [3.63, 3.8) is 0 Å². The van der Waals surface area contributed by atoms with Crippen LogP contribution in [0, 0.1) is 5.41 Å². The Hall–Kier alpha value is -0.630. The standard InChI is InChI=1S/C16H22OS/c1-16(2)9-13(17)12-8-14(18-15(12)10-16)11-6-4-3-5-7-11/h8,11H,3-7,9-10H2,1-2H3. The van der Waals surface area contributed by atoms with Crippen LogP contribution in [0.4, 0.5) is 0 Å². The fraction of sp³-hybridized carbons (Fsp3) is 0.688. The largest absolute Gasteiger partial charge is 0.294 e. The van der Waals surface area contributed by atoms with E-state index in [1.165, 1.54) is 41.9 Å². The van der Waals surface area contributed by atoms with Gasteiger partial charge in [-0.2, -0.15) is 0 Å². The van der Waals surface area contributed by atoms with E-state index in [1.54, 1.807) is 0 Å². The second-order valence-corrected chi connectivity index (χ2v) is 7.93. The second-order valence-electron chi connectivity index (χ2n) is 6.76. The van der Waals surface area contributed by atoms with Crippen LogP contribution >= 0.6 is 11.3 Å². The highest BCUT2D eigenvalue weighted by Gasteiger charge is 2.33. The van der Waals surface area contributed by atoms with Crippen LogP contribution in [0.15, 0.2) is 6.07 Å². The molecule has 0 aliphatic heterocycles. The molecule has 1 nitrogen and oxygen atoms in total. The Morgan fingerprint density at radius 3 is 2.61 bits per heavy atom. The molecule has 0 atom stereocenters. The van der Waals surface area contributed by atoms with Crippen molar-refractivity contribution in [1.29, 1.82) is 0 Å². The molecule has 0 unspecified atom stereocenters. The van der Waals surface area contributed by atoms with Crippen molar-refractivity contribution < 1.29 is 4.79 Å². The first-order valence-corrected chi connectivity index (χ1v) is 8.03. The van der Waals surface area contributed by atoms with Gasteiger partial charge in [-0.05, 0) is 36.7 Å². The number of rotatable bonds is 1. The third kappa shape index (κ3) is 2.27. The molecule has 2 aliphatic rings. The number of carbonyl (C=O) groups excluding carboxylic acids is 1. The number of ketones is 1. The Labute approximate surface area is 114 Å². The van der Waals surface area contributed by atoms with E-state index < -0.39 is 0 Å². The zero-order valence-electron chi connectivity index (χ0n) is 11.4. The summed E-state index contributed by atoms with van der Waals surface area (Å²) in [7, 11) is 0. The summed E-state index contributed by atoms with van der Waals surface area (Å²) < 4.78 is 0. The Morgan fingerprint density at radius 1 is 1.17 bits per heavy atom. The zero-order chi connectivity index (χ0) is 12.8. The van der Waals surface area contributed by atoms with Crippen molar-refractivity contribution in [2.45, 2.75) is 64.7 Å². The van der Waals surface area contributed by atoms with Crippen LogP contribution in [0.3, 0.4) is 0 Å². The fourth-order valence-corrected chi connectivity index (χ4v) is 5.04. The molecule has 0 amide bonds. The molecule has 1 aromatic heterocycles. The van der Waals surface area contributed by atoms with E-state index in [0.29, 0.717) is 5.78 Å². The van der Waals surface area contributed by atoms with Gasteiger partial charge in [0.1, 0.15) is 0 Å². The van der Waals surface area contributed by atoms with E-state index in [1.807, 2.05) is 11.3 Å². The first kappa shape index (κ1) is 12.4. The van der Waals surface area contributed by atoms with Gasteiger partial charge in [0, 0.05) is 21.7 Å². The summed E-state index contributed by atoms with van der Waals surface area (Å²) in [6.45, 7) is 4.43. The van der Waals surface area contributed by atoms with Gasteiger partial charge in [-0.3, -0.25) is 4.79 Å². The highest BCUT2D eigenvalue weighted by Crippen LogP contribution is 2.43. The van der Waals surface area contributed by atoms with E-state index >= 15 is 0 Å². The summed E-state index contributed by atoms with van der Waals surface area (Å²) in [6, 6.07) is 2.23. The Morgan fingerprint density at radius 2 is 1.89 bits per heavy atom. The molecule has 0 radical (unpaired) electrons. The predicted molar refractivity (Wildman–Crippen MR) is 76.6 cm³/mol. The van der Waals surface area contributed by atoms with Crippen LogP contribution in [0.2, 0.25) is 0 Å². The van der Waals surface area contributed by atoms with Crippen molar-refractivity contribution in [2.75, 3.05) is 0 Å². The van der Waals surface area contributed by atoms with Crippen LogP contribution in [0.5, 0.6) is 0 Å². The topological polar surface area (TPSA) is 17.1 Å². The summed E-state index contributed by atoms with van der Waals surface area (Å²) in [5, 5.41) is 0. The number of hydrogen-bond donors (Lipinski definition) is 0. The molecule has 1 saturated carbocycles. The van der Waals surface area contributed by atoms with Crippen LogP contribution in [-0.2, 0) is 6.42 Å². The van der Waals surface area contributed by atoms with E-state index in [2.05, 4.69) is 19.9 Å². The van der Waals surface area contributed by atoms with Crippen molar-refractivity contribution in [1.82, 2.24) is 0 Å². The summed E-state index contributed by atoms with van der Waals surface area (Å²) in [6.07, 6.45) is 8.60. The van der Waals surface area contributed by atoms with Crippen LogP contribution in [-0.4, -0.2) is 5.78 Å². The summed E-state index contributed by atoms with van der Waals surface area (Å²) in [4.78, 5) is 15.1. The SMILES string of the molecule is CC1(C)CC(=O)c2cc(C3CCCCC3)sc2C1. The normalized spacial score (nSPS) is 24.0. The quantitative estimate of drug-likeness (QED) is 0.699. The molecule has 0 N–H and O–H groups in total. The van der Waals surface area contributed by atoms with Gasteiger partial charge in [-0.15, -0.1) is 11.3 Å². The minimum absolute atomic E-state index is 0.165. The van der Waals surface area contributed by atoms with Gasteiger partial charge in [0.05, 0.1) is 0 Å². The van der Waals surface area contributed by atoms with Crippen molar-refractivity contribution in [2.24, 2.45) is 5.41 Å². The maximum Gasteiger partial charge on any atom is 0.164 e. The van der Waals surface area contributed by atoms with E-state index in [4.69, 9.17) is 0 Å². The van der Waals surface area contributed by atoms with Crippen molar-refractivity contribution in [3.8, 4) is 0 Å². The van der Waals surface area contributed by atoms with Crippen molar-refractivity contribution >= 4 is 17.1 Å². The lowest BCUT2D eigenvalue weighted by Gasteiger charge is -2.27. The lowest BCUT2D eigenvalue weighted by molar-refractivity contribution is 0.0914. The number of Topliss-reactive ketones (excluding diaryl/α,β-unsaturated/α-hetero) is 1. The third-order valence-corrected chi connectivity index (χ3v) is 5.71. The number of fused-ring (bicyclic) bond motifs is 1. The van der Waals surface area contributed by atoms with Gasteiger partial charge in [0.15, 0.2) is 5.78 Å². The molecule has 2 aliphatic carbocycles. The average molecular weight is 262 g/mol. The number of carbonyl (C=O) groups is 1. The monoisotopic (exact) mass is 262 g/mol. The van der Waals surface area contributed by atoms with Gasteiger partial charge in [-0.1, -0.05) is 33.1 Å². The number of hydrogen-bond acceptors (Lipinski definition) is 2. The van der Waals surface area contributed by atoms with E-state index in [9.17, 15) is 4.79 Å². The van der Waals surface area contributed by atoms with Gasteiger partial charge >= 0.3 is 0 Å². The summed E-state index contributed by atoms with van der Waals surface area (Å²) in [5.74, 6) is 1.12. The molecule has 3 rings (SSSR count). The Balaban J connectivity index is 1.90. The van der Waals surface area contributed by atoms with E-state index in [-0.39, 0.29) is 5.41 Å². The molecule has 2 heteroatoms. The zero-order valence-corrected chi connectivity index (χ0v) is 12.2. The molecule has 98 valence electrons. The molecule has 1 fully saturated rings. The highest BCUT2D eigenvalue weighted by molar-refractivity contribution is 7.12. The van der Waals surface area contributed by atoms with E-state index in [0.717, 1.165) is 24.3 Å². The maximum atomic E-state index is 12.2. The molecule has 1 heterocycles. The van der Waals surface area contributed by atoms with Gasteiger partial charge < -0.3 is 0 Å². The average Bonchev–Trinajstić information content (AvgIpc) is 2.72. The van der Waals surface area contributed by atoms with Crippen molar-refractivity contribution in [3.05, 3.63) is 21.4 Å². The van der Waals surface area contributed by atoms with Gasteiger partial charge in [0.2, 0.25) is 0 Å². The molecule has 0 aromatic carbocycles. The molecule has 0 bridgehead atoms. The predicted octanol–water partition coefficient (Wildman–Crippen LogP) is 4.95. The van der Waals surface area contributed by atoms with Gasteiger partial charge in [-0.25, -0.2) is 0 Å². The second kappa shape index (κ2) is 4.48.